The minimum atomic E-state index is -3.32. The number of benzene rings is 1. The highest BCUT2D eigenvalue weighted by molar-refractivity contribution is 7.90. The molecule has 12 nitrogen and oxygen atoms in total. The lowest BCUT2D eigenvalue weighted by atomic mass is 9.71. The zero-order chi connectivity index (χ0) is 29.9. The Morgan fingerprint density at radius 1 is 1.17 bits per heavy atom. The van der Waals surface area contributed by atoms with Gasteiger partial charge in [-0.15, -0.1) is 0 Å². The van der Waals surface area contributed by atoms with E-state index in [1.165, 1.54) is 9.47 Å². The Bertz CT molecular complexity index is 1480. The molecule has 2 amide bonds. The molecule has 41 heavy (non-hydrogen) atoms. The van der Waals surface area contributed by atoms with E-state index in [0.29, 0.717) is 17.3 Å². The minimum Gasteiger partial charge on any atom is -0.358 e. The van der Waals surface area contributed by atoms with Crippen LogP contribution in [0.2, 0.25) is 0 Å². The molecule has 2 fully saturated rings. The smallest absolute Gasteiger partial charge is 0.350 e. The summed E-state index contributed by atoms with van der Waals surface area (Å²) in [6, 6.07) is 4.96. The first-order valence-electron chi connectivity index (χ1n) is 13.9. The molecular weight excluding hydrogens is 550 g/mol. The van der Waals surface area contributed by atoms with Gasteiger partial charge in [0, 0.05) is 32.3 Å². The molecular formula is C28H39N5O7S. The first-order chi connectivity index (χ1) is 19.3. The normalized spacial score (nSPS) is 21.4. The number of para-hydroxylation sites is 1. The zero-order valence-corrected chi connectivity index (χ0v) is 24.8. The molecule has 2 aliphatic rings. The Morgan fingerprint density at radius 2 is 1.85 bits per heavy atom. The summed E-state index contributed by atoms with van der Waals surface area (Å²) >= 11 is 0. The number of carbonyl (C=O) groups excluding carboxylic acids is 3. The van der Waals surface area contributed by atoms with E-state index >= 15 is 0 Å². The zero-order valence-electron chi connectivity index (χ0n) is 24.0. The number of sulfone groups is 1. The van der Waals surface area contributed by atoms with Crippen LogP contribution in [0, 0.1) is 5.41 Å². The molecule has 0 radical (unpaired) electrons. The Hall–Kier alpha value is -3.32. The molecule has 0 bridgehead atoms. The first-order valence-corrected chi connectivity index (χ1v) is 15.9. The Morgan fingerprint density at radius 3 is 2.51 bits per heavy atom. The van der Waals surface area contributed by atoms with E-state index in [-0.39, 0.29) is 30.1 Å². The van der Waals surface area contributed by atoms with Gasteiger partial charge in [-0.1, -0.05) is 38.3 Å². The van der Waals surface area contributed by atoms with Crippen molar-refractivity contribution < 1.29 is 27.5 Å². The number of rotatable bonds is 10. The number of amides is 2. The lowest BCUT2D eigenvalue weighted by Gasteiger charge is -2.37. The molecule has 3 atom stereocenters. The second kappa shape index (κ2) is 12.3. The van der Waals surface area contributed by atoms with Crippen molar-refractivity contribution in [3.63, 3.8) is 0 Å². The molecule has 2 aromatic rings. The quantitative estimate of drug-likeness (QED) is 0.415. The van der Waals surface area contributed by atoms with E-state index in [0.717, 1.165) is 38.4 Å². The molecule has 224 valence electrons. The summed E-state index contributed by atoms with van der Waals surface area (Å²) in [5.41, 5.74) is -0.325. The summed E-state index contributed by atoms with van der Waals surface area (Å²) in [4.78, 5) is 57.7. The summed E-state index contributed by atoms with van der Waals surface area (Å²) in [6.07, 6.45) is 5.45. The number of aromatic nitrogens is 2. The number of aryl methyl sites for hydroxylation is 1. The van der Waals surface area contributed by atoms with Crippen LogP contribution >= 0.6 is 0 Å². The number of Topliss-reactive ketones (excluding diaryl/α,β-unsaturated/α-hetero) is 1. The van der Waals surface area contributed by atoms with Gasteiger partial charge in [-0.3, -0.25) is 19.0 Å². The third kappa shape index (κ3) is 7.31. The molecule has 1 saturated heterocycles. The van der Waals surface area contributed by atoms with E-state index in [9.17, 15) is 27.6 Å². The van der Waals surface area contributed by atoms with Gasteiger partial charge in [0.2, 0.25) is 5.91 Å². The summed E-state index contributed by atoms with van der Waals surface area (Å²) in [6.45, 7) is 1.80. The fourth-order valence-electron chi connectivity index (χ4n) is 5.69. The number of fused-ring (bicyclic) bond motifs is 1. The molecule has 1 aliphatic carbocycles. The van der Waals surface area contributed by atoms with E-state index in [1.807, 2.05) is 0 Å². The molecule has 1 aromatic heterocycles. The molecule has 4 rings (SSSR count). The largest absolute Gasteiger partial charge is 0.358 e. The molecule has 2 N–H and O–H groups in total. The Balaban J connectivity index is 1.68. The predicted molar refractivity (Wildman–Crippen MR) is 154 cm³/mol. The van der Waals surface area contributed by atoms with Gasteiger partial charge in [0.25, 0.3) is 5.91 Å². The fourth-order valence-corrected chi connectivity index (χ4v) is 6.21. The first kappa shape index (κ1) is 30.6. The number of carbonyl (C=O) groups is 3. The van der Waals surface area contributed by atoms with Crippen LogP contribution in [0.15, 0.2) is 29.1 Å². The molecule has 1 saturated carbocycles. The predicted octanol–water partition coefficient (Wildman–Crippen LogP) is 1.12. The summed E-state index contributed by atoms with van der Waals surface area (Å²) in [5.74, 6) is -1.34. The maximum atomic E-state index is 13.8. The highest BCUT2D eigenvalue weighted by Gasteiger charge is 2.44. The summed E-state index contributed by atoms with van der Waals surface area (Å²) < 4.78 is 30.3. The monoisotopic (exact) mass is 589 g/mol. The van der Waals surface area contributed by atoms with Gasteiger partial charge in [0.1, 0.15) is 34.3 Å². The maximum Gasteiger partial charge on any atom is 0.350 e. The van der Waals surface area contributed by atoms with Crippen molar-refractivity contribution in [1.29, 1.82) is 0 Å². The number of anilines is 1. The Labute approximate surface area is 239 Å². The molecule has 1 aliphatic heterocycles. The number of likely N-dealkylation sites (N-methyl/N-ethyl adjacent to an activating group) is 1. The third-order valence-corrected chi connectivity index (χ3v) is 8.92. The van der Waals surface area contributed by atoms with Crippen LogP contribution in [-0.4, -0.2) is 91.4 Å². The van der Waals surface area contributed by atoms with Crippen LogP contribution in [-0.2, 0) is 35.5 Å². The van der Waals surface area contributed by atoms with Crippen LogP contribution in [0.4, 0.5) is 5.82 Å². The number of nitrogens with one attached hydrogen (secondary N) is 2. The van der Waals surface area contributed by atoms with E-state index in [2.05, 4.69) is 22.5 Å². The van der Waals surface area contributed by atoms with Crippen molar-refractivity contribution in [2.75, 3.05) is 38.0 Å². The van der Waals surface area contributed by atoms with E-state index in [1.54, 1.807) is 38.4 Å². The number of hydrogen-bond acceptors (Lipinski definition) is 9. The molecule has 3 unspecified atom stereocenters. The van der Waals surface area contributed by atoms with Gasteiger partial charge in [0.05, 0.1) is 11.3 Å². The lowest BCUT2D eigenvalue weighted by molar-refractivity contribution is -0.139. The second-order valence-electron chi connectivity index (χ2n) is 11.7. The van der Waals surface area contributed by atoms with Gasteiger partial charge in [0.15, 0.2) is 11.9 Å². The standard InChI is InChI=1S/C28H39N5O7S/c1-28(12-8-5-9-13-28)16-19(25(35)30-22-21(34)17-40-23(22)26(36)32(2)3)29-24-18-10-6-7-11-20(18)33(27(37)31-24)14-15-41(4,38)39/h6-7,10-11,19,22-23H,5,8-9,12-17H2,1-4H3,(H,30,35)(H,29,31,37). The van der Waals surface area contributed by atoms with Crippen molar-refractivity contribution in [3.8, 4) is 0 Å². The number of hydrogen-bond donors (Lipinski definition) is 2. The van der Waals surface area contributed by atoms with Crippen molar-refractivity contribution in [2.24, 2.45) is 5.41 Å². The lowest BCUT2D eigenvalue weighted by Crippen LogP contribution is -2.54. The number of nitrogens with zero attached hydrogens (tertiary/aromatic N) is 3. The number of ketones is 1. The van der Waals surface area contributed by atoms with Gasteiger partial charge in [-0.2, -0.15) is 4.98 Å². The second-order valence-corrected chi connectivity index (χ2v) is 14.0. The van der Waals surface area contributed by atoms with Crippen LogP contribution in [0.3, 0.4) is 0 Å². The van der Waals surface area contributed by atoms with Crippen molar-refractivity contribution in [3.05, 3.63) is 34.7 Å². The fraction of sp³-hybridized carbons (Fsp3) is 0.607. The van der Waals surface area contributed by atoms with E-state index in [4.69, 9.17) is 4.74 Å². The summed E-state index contributed by atoms with van der Waals surface area (Å²) in [7, 11) is -0.220. The SMILES string of the molecule is CN(C)C(=O)C1OCC(=O)C1NC(=O)C(CC1(C)CCCCC1)Nc1nc(=O)n(CCS(C)(=O)=O)c2ccccc12. The van der Waals surface area contributed by atoms with Crippen LogP contribution in [0.5, 0.6) is 0 Å². The van der Waals surface area contributed by atoms with Gasteiger partial charge >= 0.3 is 5.69 Å². The highest BCUT2D eigenvalue weighted by atomic mass is 32.2. The molecule has 13 heteroatoms. The maximum absolute atomic E-state index is 13.8. The van der Waals surface area contributed by atoms with Crippen molar-refractivity contribution >= 4 is 44.2 Å². The van der Waals surface area contributed by atoms with Crippen LogP contribution in [0.1, 0.15) is 45.4 Å². The van der Waals surface area contributed by atoms with Gasteiger partial charge < -0.3 is 20.3 Å². The topological polar surface area (TPSA) is 157 Å². The van der Waals surface area contributed by atoms with Gasteiger partial charge in [-0.25, -0.2) is 13.2 Å². The average Bonchev–Trinajstić information content (AvgIpc) is 3.26. The van der Waals surface area contributed by atoms with E-state index < -0.39 is 51.3 Å². The Kier molecular flexibility index (Phi) is 9.17. The van der Waals surface area contributed by atoms with Crippen molar-refractivity contribution in [1.82, 2.24) is 19.8 Å². The summed E-state index contributed by atoms with van der Waals surface area (Å²) in [5, 5.41) is 6.49. The van der Waals surface area contributed by atoms with Crippen molar-refractivity contribution in [2.45, 2.75) is 70.2 Å². The molecule has 0 spiro atoms. The average molecular weight is 590 g/mol. The van der Waals surface area contributed by atoms with Crippen LogP contribution < -0.4 is 16.3 Å². The third-order valence-electron chi connectivity index (χ3n) is 8.00. The van der Waals surface area contributed by atoms with Crippen LogP contribution in [0.25, 0.3) is 10.9 Å². The van der Waals surface area contributed by atoms with Gasteiger partial charge in [-0.05, 0) is 36.8 Å². The highest BCUT2D eigenvalue weighted by Crippen LogP contribution is 2.40. The number of ether oxygens (including phenoxy) is 1. The molecule has 2 heterocycles. The molecule has 1 aromatic carbocycles. The minimum absolute atomic E-state index is 0.0570.